The van der Waals surface area contributed by atoms with Crippen molar-refractivity contribution in [3.05, 3.63) is 0 Å². The van der Waals surface area contributed by atoms with E-state index in [2.05, 4.69) is 24.1 Å². The van der Waals surface area contributed by atoms with Crippen molar-refractivity contribution in [2.24, 2.45) is 5.92 Å². The maximum Gasteiger partial charge on any atom is 0.323 e. The van der Waals surface area contributed by atoms with Crippen LogP contribution in [0.2, 0.25) is 0 Å². The zero-order chi connectivity index (χ0) is 14.1. The molecule has 0 spiro atoms. The van der Waals surface area contributed by atoms with E-state index in [-0.39, 0.29) is 12.0 Å². The Hall–Kier alpha value is -0.610. The molecule has 1 rings (SSSR count). The third-order valence-electron chi connectivity index (χ3n) is 3.92. The van der Waals surface area contributed by atoms with Crippen molar-refractivity contribution in [2.75, 3.05) is 32.8 Å². The molecule has 1 aliphatic rings. The Bertz CT molecular complexity index is 253. The number of rotatable bonds is 8. The SMILES string of the molecule is CCCC(C(=O)OCC)N(CC)CC1CCNCC1. The zero-order valence-corrected chi connectivity index (χ0v) is 12.8. The van der Waals surface area contributed by atoms with Crippen LogP contribution < -0.4 is 5.32 Å². The molecule has 112 valence electrons. The number of carbonyl (C=O) groups excluding carboxylic acids is 1. The van der Waals surface area contributed by atoms with E-state index in [4.69, 9.17) is 4.74 Å². The highest BCUT2D eigenvalue weighted by molar-refractivity contribution is 5.75. The molecule has 0 aromatic carbocycles. The standard InChI is InChI=1S/C15H30N2O2/c1-4-7-14(15(18)19-6-3)17(5-2)12-13-8-10-16-11-9-13/h13-14,16H,4-12H2,1-3H3. The minimum atomic E-state index is -0.0511. The Balaban J connectivity index is 2.57. The third kappa shape index (κ3) is 5.49. The molecule has 1 unspecified atom stereocenters. The zero-order valence-electron chi connectivity index (χ0n) is 12.8. The first-order chi connectivity index (χ1) is 9.22. The maximum atomic E-state index is 12.1. The first-order valence-corrected chi connectivity index (χ1v) is 7.84. The van der Waals surface area contributed by atoms with Gasteiger partial charge in [0.15, 0.2) is 0 Å². The molecule has 0 saturated carbocycles. The van der Waals surface area contributed by atoms with E-state index in [1.165, 1.54) is 12.8 Å². The van der Waals surface area contributed by atoms with Gasteiger partial charge in [-0.05, 0) is 51.7 Å². The van der Waals surface area contributed by atoms with Crippen LogP contribution in [0.3, 0.4) is 0 Å². The van der Waals surface area contributed by atoms with Crippen molar-refractivity contribution in [1.82, 2.24) is 10.2 Å². The highest BCUT2D eigenvalue weighted by Gasteiger charge is 2.27. The summed E-state index contributed by atoms with van der Waals surface area (Å²) in [6, 6.07) is -0.0511. The van der Waals surface area contributed by atoms with Gasteiger partial charge in [0.1, 0.15) is 6.04 Å². The first-order valence-electron chi connectivity index (χ1n) is 7.84. The monoisotopic (exact) mass is 270 g/mol. The quantitative estimate of drug-likeness (QED) is 0.685. The summed E-state index contributed by atoms with van der Waals surface area (Å²) < 4.78 is 5.24. The van der Waals surface area contributed by atoms with E-state index < -0.39 is 0 Å². The van der Waals surface area contributed by atoms with Crippen molar-refractivity contribution >= 4 is 5.97 Å². The van der Waals surface area contributed by atoms with Gasteiger partial charge in [0.25, 0.3) is 0 Å². The summed E-state index contributed by atoms with van der Waals surface area (Å²) in [6.07, 6.45) is 4.36. The van der Waals surface area contributed by atoms with Crippen LogP contribution in [-0.4, -0.2) is 49.7 Å². The number of piperidine rings is 1. The number of nitrogens with one attached hydrogen (secondary N) is 1. The van der Waals surface area contributed by atoms with Crippen LogP contribution in [0.25, 0.3) is 0 Å². The van der Waals surface area contributed by atoms with Crippen LogP contribution in [0.5, 0.6) is 0 Å². The van der Waals surface area contributed by atoms with Gasteiger partial charge in [0.2, 0.25) is 0 Å². The number of likely N-dealkylation sites (N-methyl/N-ethyl adjacent to an activating group) is 1. The average molecular weight is 270 g/mol. The Kier molecular flexibility index (Phi) is 8.07. The van der Waals surface area contributed by atoms with Gasteiger partial charge in [-0.2, -0.15) is 0 Å². The molecule has 0 aromatic heterocycles. The number of hydrogen-bond donors (Lipinski definition) is 1. The summed E-state index contributed by atoms with van der Waals surface area (Å²) in [5.41, 5.74) is 0. The van der Waals surface area contributed by atoms with Crippen LogP contribution in [0.4, 0.5) is 0 Å². The second-order valence-corrected chi connectivity index (χ2v) is 5.34. The van der Waals surface area contributed by atoms with Gasteiger partial charge >= 0.3 is 5.97 Å². The fourth-order valence-corrected chi connectivity index (χ4v) is 2.83. The highest BCUT2D eigenvalue weighted by Crippen LogP contribution is 2.17. The minimum Gasteiger partial charge on any atom is -0.465 e. The molecular formula is C15H30N2O2. The second kappa shape index (κ2) is 9.32. The topological polar surface area (TPSA) is 41.6 Å². The summed E-state index contributed by atoms with van der Waals surface area (Å²) in [5, 5.41) is 3.39. The van der Waals surface area contributed by atoms with Crippen LogP contribution >= 0.6 is 0 Å². The van der Waals surface area contributed by atoms with Gasteiger partial charge in [-0.25, -0.2) is 0 Å². The van der Waals surface area contributed by atoms with E-state index in [0.29, 0.717) is 6.61 Å². The smallest absolute Gasteiger partial charge is 0.323 e. The molecule has 4 nitrogen and oxygen atoms in total. The lowest BCUT2D eigenvalue weighted by Crippen LogP contribution is -2.46. The van der Waals surface area contributed by atoms with E-state index in [1.54, 1.807) is 0 Å². The number of ether oxygens (including phenoxy) is 1. The summed E-state index contributed by atoms with van der Waals surface area (Å²) in [7, 11) is 0. The molecular weight excluding hydrogens is 240 g/mol. The fraction of sp³-hybridized carbons (Fsp3) is 0.933. The van der Waals surface area contributed by atoms with Gasteiger partial charge in [0.05, 0.1) is 6.61 Å². The Morgan fingerprint density at radius 2 is 2.00 bits per heavy atom. The summed E-state index contributed by atoms with van der Waals surface area (Å²) >= 11 is 0. The molecule has 1 aliphatic heterocycles. The maximum absolute atomic E-state index is 12.1. The van der Waals surface area contributed by atoms with Crippen LogP contribution in [0, 0.1) is 5.92 Å². The Morgan fingerprint density at radius 1 is 1.32 bits per heavy atom. The third-order valence-corrected chi connectivity index (χ3v) is 3.92. The molecule has 0 aliphatic carbocycles. The summed E-state index contributed by atoms with van der Waals surface area (Å²) in [6.45, 7) is 10.8. The van der Waals surface area contributed by atoms with Gasteiger partial charge in [-0.15, -0.1) is 0 Å². The molecule has 0 aromatic rings. The second-order valence-electron chi connectivity index (χ2n) is 5.34. The molecule has 1 atom stereocenters. The molecule has 1 heterocycles. The predicted octanol–water partition coefficient (Wildman–Crippen LogP) is 2.04. The van der Waals surface area contributed by atoms with Crippen LogP contribution in [0.15, 0.2) is 0 Å². The average Bonchev–Trinajstić information content (AvgIpc) is 2.44. The summed E-state index contributed by atoms with van der Waals surface area (Å²) in [5.74, 6) is 0.676. The Labute approximate surface area is 117 Å². The molecule has 1 N–H and O–H groups in total. The van der Waals surface area contributed by atoms with Crippen molar-refractivity contribution in [3.8, 4) is 0 Å². The van der Waals surface area contributed by atoms with Gasteiger partial charge in [-0.3, -0.25) is 9.69 Å². The van der Waals surface area contributed by atoms with E-state index in [9.17, 15) is 4.79 Å². The molecule has 1 saturated heterocycles. The number of nitrogens with zero attached hydrogens (tertiary/aromatic N) is 1. The van der Waals surface area contributed by atoms with Gasteiger partial charge in [0, 0.05) is 6.54 Å². The van der Waals surface area contributed by atoms with E-state index in [0.717, 1.165) is 44.9 Å². The summed E-state index contributed by atoms with van der Waals surface area (Å²) in [4.78, 5) is 14.4. The predicted molar refractivity (Wildman–Crippen MR) is 78.2 cm³/mol. The van der Waals surface area contributed by atoms with E-state index >= 15 is 0 Å². The van der Waals surface area contributed by atoms with Crippen LogP contribution in [-0.2, 0) is 9.53 Å². The fourth-order valence-electron chi connectivity index (χ4n) is 2.83. The minimum absolute atomic E-state index is 0.0415. The van der Waals surface area contributed by atoms with Gasteiger partial charge in [-0.1, -0.05) is 20.3 Å². The number of hydrogen-bond acceptors (Lipinski definition) is 4. The normalized spacial score (nSPS) is 18.5. The lowest BCUT2D eigenvalue weighted by atomic mass is 9.96. The molecule has 1 fully saturated rings. The largest absolute Gasteiger partial charge is 0.465 e. The first kappa shape index (κ1) is 16.4. The lowest BCUT2D eigenvalue weighted by molar-refractivity contribution is -0.150. The number of carbonyl (C=O) groups is 1. The van der Waals surface area contributed by atoms with Crippen molar-refractivity contribution < 1.29 is 9.53 Å². The lowest BCUT2D eigenvalue weighted by Gasteiger charge is -2.33. The van der Waals surface area contributed by atoms with Crippen LogP contribution in [0.1, 0.15) is 46.5 Å². The van der Waals surface area contributed by atoms with E-state index in [1.807, 2.05) is 6.92 Å². The highest BCUT2D eigenvalue weighted by atomic mass is 16.5. The molecule has 0 bridgehead atoms. The van der Waals surface area contributed by atoms with Gasteiger partial charge < -0.3 is 10.1 Å². The van der Waals surface area contributed by atoms with Crippen molar-refractivity contribution in [3.63, 3.8) is 0 Å². The Morgan fingerprint density at radius 3 is 2.53 bits per heavy atom. The molecule has 4 heteroatoms. The van der Waals surface area contributed by atoms with Crippen molar-refractivity contribution in [2.45, 2.75) is 52.5 Å². The molecule has 0 amide bonds. The molecule has 0 radical (unpaired) electrons. The number of esters is 1. The molecule has 19 heavy (non-hydrogen) atoms. The van der Waals surface area contributed by atoms with Crippen molar-refractivity contribution in [1.29, 1.82) is 0 Å².